The maximum Gasteiger partial charge on any atom is 0.250 e. The molecular weight excluding hydrogens is 254 g/mol. The van der Waals surface area contributed by atoms with Crippen molar-refractivity contribution >= 4 is 17.5 Å². The van der Waals surface area contributed by atoms with Gasteiger partial charge in [0.1, 0.15) is 29.9 Å². The van der Waals surface area contributed by atoms with Gasteiger partial charge in [-0.25, -0.2) is 8.78 Å². The summed E-state index contributed by atoms with van der Waals surface area (Å²) in [6, 6.07) is 2.56. The molecule has 1 unspecified atom stereocenters. The summed E-state index contributed by atoms with van der Waals surface area (Å²) in [6.45, 7) is 3.13. The van der Waals surface area contributed by atoms with Crippen LogP contribution >= 0.6 is 0 Å². The smallest absolute Gasteiger partial charge is 0.250 e. The zero-order valence-corrected chi connectivity index (χ0v) is 10.6. The number of rotatable bonds is 2. The van der Waals surface area contributed by atoms with Crippen molar-refractivity contribution in [2.45, 2.75) is 19.9 Å². The average molecular weight is 268 g/mol. The number of anilines is 1. The largest absolute Gasteiger partial charge is 0.342 e. The predicted octanol–water partition coefficient (Wildman–Crippen LogP) is 1.45. The molecule has 1 heterocycles. The lowest BCUT2D eigenvalue weighted by molar-refractivity contribution is -0.132. The number of piperazine rings is 1. The molecule has 0 aliphatic carbocycles. The van der Waals surface area contributed by atoms with E-state index in [2.05, 4.69) is 5.32 Å². The van der Waals surface area contributed by atoms with Gasteiger partial charge in [0.15, 0.2) is 0 Å². The van der Waals surface area contributed by atoms with Gasteiger partial charge in [-0.1, -0.05) is 19.9 Å². The maximum absolute atomic E-state index is 13.7. The fourth-order valence-electron chi connectivity index (χ4n) is 2.06. The number of para-hydroxylation sites is 1. The number of hydrogen-bond acceptors (Lipinski definition) is 2. The van der Waals surface area contributed by atoms with E-state index in [4.69, 9.17) is 0 Å². The van der Waals surface area contributed by atoms with Crippen LogP contribution in [0, 0.1) is 17.6 Å². The molecule has 1 atom stereocenters. The number of nitrogens with one attached hydrogen (secondary N) is 1. The predicted molar refractivity (Wildman–Crippen MR) is 65.5 cm³/mol. The van der Waals surface area contributed by atoms with Gasteiger partial charge < -0.3 is 5.32 Å². The van der Waals surface area contributed by atoms with E-state index in [1.54, 1.807) is 13.8 Å². The first kappa shape index (κ1) is 13.5. The van der Waals surface area contributed by atoms with Gasteiger partial charge in [0, 0.05) is 0 Å². The third kappa shape index (κ3) is 2.43. The Morgan fingerprint density at radius 2 is 1.84 bits per heavy atom. The molecule has 0 spiro atoms. The molecule has 0 saturated carbocycles. The SMILES string of the molecule is CC(C)C1NC(=O)CN(c2c(F)cccc2F)C1=O. The van der Waals surface area contributed by atoms with E-state index in [0.717, 1.165) is 17.0 Å². The summed E-state index contributed by atoms with van der Waals surface area (Å²) in [4.78, 5) is 24.6. The zero-order valence-electron chi connectivity index (χ0n) is 10.6. The first-order valence-corrected chi connectivity index (χ1v) is 5.96. The third-order valence-electron chi connectivity index (χ3n) is 3.02. The van der Waals surface area contributed by atoms with E-state index in [1.807, 2.05) is 0 Å². The molecule has 1 aliphatic rings. The molecule has 4 nitrogen and oxygen atoms in total. The molecule has 2 amide bonds. The summed E-state index contributed by atoms with van der Waals surface area (Å²) < 4.78 is 27.4. The van der Waals surface area contributed by atoms with Crippen LogP contribution in [0.5, 0.6) is 0 Å². The fraction of sp³-hybridized carbons (Fsp3) is 0.385. The number of halogens is 2. The molecule has 1 fully saturated rings. The van der Waals surface area contributed by atoms with Crippen molar-refractivity contribution in [2.24, 2.45) is 5.92 Å². The first-order chi connectivity index (χ1) is 8.91. The number of carbonyl (C=O) groups excluding carboxylic acids is 2. The van der Waals surface area contributed by atoms with Gasteiger partial charge in [-0.05, 0) is 18.1 Å². The number of carbonyl (C=O) groups is 2. The molecule has 0 radical (unpaired) electrons. The minimum absolute atomic E-state index is 0.158. The summed E-state index contributed by atoms with van der Waals surface area (Å²) in [5, 5.41) is 2.53. The Morgan fingerprint density at radius 1 is 1.26 bits per heavy atom. The van der Waals surface area contributed by atoms with Crippen molar-refractivity contribution in [2.75, 3.05) is 11.4 Å². The van der Waals surface area contributed by atoms with Crippen molar-refractivity contribution in [1.82, 2.24) is 5.32 Å². The molecule has 1 saturated heterocycles. The van der Waals surface area contributed by atoms with Crippen LogP contribution in [0.1, 0.15) is 13.8 Å². The van der Waals surface area contributed by atoms with Gasteiger partial charge >= 0.3 is 0 Å². The molecule has 0 bridgehead atoms. The zero-order chi connectivity index (χ0) is 14.2. The highest BCUT2D eigenvalue weighted by atomic mass is 19.1. The lowest BCUT2D eigenvalue weighted by Gasteiger charge is -2.34. The van der Waals surface area contributed by atoms with Crippen LogP contribution in [0.15, 0.2) is 18.2 Å². The van der Waals surface area contributed by atoms with Crippen LogP contribution in [0.25, 0.3) is 0 Å². The fourth-order valence-corrected chi connectivity index (χ4v) is 2.06. The van der Waals surface area contributed by atoms with Crippen molar-refractivity contribution in [3.63, 3.8) is 0 Å². The summed E-state index contributed by atoms with van der Waals surface area (Å²) in [7, 11) is 0. The molecule has 102 valence electrons. The van der Waals surface area contributed by atoms with Crippen LogP contribution in [0.3, 0.4) is 0 Å². The molecule has 0 aromatic heterocycles. The molecule has 2 rings (SSSR count). The summed E-state index contributed by atoms with van der Waals surface area (Å²) in [5.41, 5.74) is -0.465. The standard InChI is InChI=1S/C13H14F2N2O2/c1-7(2)11-13(19)17(6-10(18)16-11)12-8(14)4-3-5-9(12)15/h3-5,7,11H,6H2,1-2H3,(H,16,18). The lowest BCUT2D eigenvalue weighted by Crippen LogP contribution is -2.60. The summed E-state index contributed by atoms with van der Waals surface area (Å²) >= 11 is 0. The van der Waals surface area contributed by atoms with E-state index >= 15 is 0 Å². The van der Waals surface area contributed by atoms with Gasteiger partial charge in [0.05, 0.1) is 0 Å². The van der Waals surface area contributed by atoms with E-state index in [0.29, 0.717) is 0 Å². The molecule has 1 aromatic carbocycles. The quantitative estimate of drug-likeness (QED) is 0.882. The van der Waals surface area contributed by atoms with Gasteiger partial charge in [-0.3, -0.25) is 14.5 Å². The van der Waals surface area contributed by atoms with Crippen molar-refractivity contribution < 1.29 is 18.4 Å². The third-order valence-corrected chi connectivity index (χ3v) is 3.02. The first-order valence-electron chi connectivity index (χ1n) is 5.96. The Bertz CT molecular complexity index is 511. The lowest BCUT2D eigenvalue weighted by atomic mass is 10.00. The second kappa shape index (κ2) is 4.95. The van der Waals surface area contributed by atoms with Crippen molar-refractivity contribution in [1.29, 1.82) is 0 Å². The van der Waals surface area contributed by atoms with Crippen LogP contribution in [-0.2, 0) is 9.59 Å². The molecule has 19 heavy (non-hydrogen) atoms. The van der Waals surface area contributed by atoms with Crippen LogP contribution in [0.2, 0.25) is 0 Å². The second-order valence-corrected chi connectivity index (χ2v) is 4.78. The van der Waals surface area contributed by atoms with E-state index < -0.39 is 35.2 Å². The molecule has 1 N–H and O–H groups in total. The number of benzene rings is 1. The summed E-state index contributed by atoms with van der Waals surface area (Å²) in [6.07, 6.45) is 0. The van der Waals surface area contributed by atoms with Crippen LogP contribution < -0.4 is 10.2 Å². The topological polar surface area (TPSA) is 49.4 Å². The van der Waals surface area contributed by atoms with Crippen LogP contribution in [-0.4, -0.2) is 24.4 Å². The highest BCUT2D eigenvalue weighted by Crippen LogP contribution is 2.26. The maximum atomic E-state index is 13.7. The van der Waals surface area contributed by atoms with Crippen LogP contribution in [0.4, 0.5) is 14.5 Å². The Hall–Kier alpha value is -1.98. The normalized spacial score (nSPS) is 19.8. The molecule has 6 heteroatoms. The Kier molecular flexibility index (Phi) is 3.50. The Morgan fingerprint density at radius 3 is 2.37 bits per heavy atom. The Labute approximate surface area is 109 Å². The van der Waals surface area contributed by atoms with Crippen molar-refractivity contribution in [3.8, 4) is 0 Å². The molecular formula is C13H14F2N2O2. The highest BCUT2D eigenvalue weighted by molar-refractivity contribution is 6.06. The van der Waals surface area contributed by atoms with Gasteiger partial charge in [-0.2, -0.15) is 0 Å². The summed E-state index contributed by atoms with van der Waals surface area (Å²) in [5.74, 6) is -2.80. The van der Waals surface area contributed by atoms with E-state index in [-0.39, 0.29) is 12.5 Å². The minimum Gasteiger partial charge on any atom is -0.342 e. The van der Waals surface area contributed by atoms with E-state index in [9.17, 15) is 18.4 Å². The molecule has 1 aromatic rings. The molecule has 1 aliphatic heterocycles. The number of amides is 2. The second-order valence-electron chi connectivity index (χ2n) is 4.78. The highest BCUT2D eigenvalue weighted by Gasteiger charge is 2.37. The number of hydrogen-bond donors (Lipinski definition) is 1. The monoisotopic (exact) mass is 268 g/mol. The van der Waals surface area contributed by atoms with Gasteiger partial charge in [0.2, 0.25) is 11.8 Å². The minimum atomic E-state index is -0.856. The van der Waals surface area contributed by atoms with E-state index in [1.165, 1.54) is 6.07 Å². The van der Waals surface area contributed by atoms with Gasteiger partial charge in [-0.15, -0.1) is 0 Å². The van der Waals surface area contributed by atoms with Gasteiger partial charge in [0.25, 0.3) is 0 Å². The van der Waals surface area contributed by atoms with Crippen molar-refractivity contribution in [3.05, 3.63) is 29.8 Å². The Balaban J connectivity index is 2.43. The number of nitrogens with zero attached hydrogens (tertiary/aromatic N) is 1. The average Bonchev–Trinajstić information content (AvgIpc) is 2.32.